The summed E-state index contributed by atoms with van der Waals surface area (Å²) >= 11 is 0. The van der Waals surface area contributed by atoms with Gasteiger partial charge in [0.2, 0.25) is 11.8 Å². The second kappa shape index (κ2) is 8.13. The molecule has 0 aliphatic carbocycles. The van der Waals surface area contributed by atoms with Crippen LogP contribution in [0.5, 0.6) is 0 Å². The fourth-order valence-electron chi connectivity index (χ4n) is 2.46. The van der Waals surface area contributed by atoms with Gasteiger partial charge in [-0.15, -0.1) is 0 Å². The topological polar surface area (TPSA) is 49.4 Å². The molecular formula is C19H22N2O2. The van der Waals surface area contributed by atoms with E-state index in [2.05, 4.69) is 5.32 Å². The van der Waals surface area contributed by atoms with Crippen molar-refractivity contribution in [1.82, 2.24) is 10.2 Å². The normalized spacial score (nSPS) is 11.6. The molecule has 0 aliphatic heterocycles. The third-order valence-electron chi connectivity index (χ3n) is 3.53. The van der Waals surface area contributed by atoms with Crippen LogP contribution in [-0.4, -0.2) is 22.8 Å². The Morgan fingerprint density at radius 3 is 1.74 bits per heavy atom. The predicted octanol–water partition coefficient (Wildman–Crippen LogP) is 2.74. The highest BCUT2D eigenvalue weighted by Crippen LogP contribution is 2.11. The molecule has 0 spiro atoms. The van der Waals surface area contributed by atoms with Crippen LogP contribution < -0.4 is 5.32 Å². The average Bonchev–Trinajstić information content (AvgIpc) is 2.55. The first-order valence-corrected chi connectivity index (χ1v) is 7.70. The van der Waals surface area contributed by atoms with Gasteiger partial charge in [-0.05, 0) is 18.1 Å². The second-order valence-corrected chi connectivity index (χ2v) is 5.59. The van der Waals surface area contributed by atoms with Crippen LogP contribution in [0.25, 0.3) is 0 Å². The van der Waals surface area contributed by atoms with Gasteiger partial charge in [0.05, 0.1) is 0 Å². The Morgan fingerprint density at radius 1 is 0.913 bits per heavy atom. The van der Waals surface area contributed by atoms with Gasteiger partial charge >= 0.3 is 0 Å². The molecule has 2 rings (SSSR count). The zero-order chi connectivity index (χ0) is 16.7. The van der Waals surface area contributed by atoms with Crippen LogP contribution in [0, 0.1) is 0 Å². The van der Waals surface area contributed by atoms with Crippen LogP contribution in [0.2, 0.25) is 0 Å². The molecule has 1 N–H and O–H groups in total. The van der Waals surface area contributed by atoms with Gasteiger partial charge in [-0.25, -0.2) is 0 Å². The Labute approximate surface area is 137 Å². The molecule has 0 heterocycles. The van der Waals surface area contributed by atoms with Crippen molar-refractivity contribution in [2.75, 3.05) is 0 Å². The number of nitrogens with zero attached hydrogens (tertiary/aromatic N) is 1. The summed E-state index contributed by atoms with van der Waals surface area (Å²) in [6.45, 7) is 4.16. The van der Waals surface area contributed by atoms with Crippen molar-refractivity contribution >= 4 is 11.8 Å². The highest BCUT2D eigenvalue weighted by atomic mass is 16.2. The Bertz CT molecular complexity index is 599. The number of benzene rings is 2. The van der Waals surface area contributed by atoms with Crippen molar-refractivity contribution in [3.05, 3.63) is 71.8 Å². The third kappa shape index (κ3) is 5.25. The van der Waals surface area contributed by atoms with Crippen LogP contribution in [0.4, 0.5) is 0 Å². The molecule has 0 fully saturated rings. The molecular weight excluding hydrogens is 288 g/mol. The number of carbonyl (C=O) groups excluding carboxylic acids is 2. The van der Waals surface area contributed by atoms with Crippen LogP contribution >= 0.6 is 0 Å². The lowest BCUT2D eigenvalue weighted by atomic mass is 10.1. The largest absolute Gasteiger partial charge is 0.345 e. The van der Waals surface area contributed by atoms with Gasteiger partial charge in [-0.3, -0.25) is 9.59 Å². The number of carbonyl (C=O) groups is 2. The lowest BCUT2D eigenvalue weighted by molar-refractivity contribution is -0.136. The van der Waals surface area contributed by atoms with Crippen molar-refractivity contribution in [3.8, 4) is 0 Å². The van der Waals surface area contributed by atoms with Gasteiger partial charge in [0.25, 0.3) is 0 Å². The summed E-state index contributed by atoms with van der Waals surface area (Å²) < 4.78 is 0. The first-order valence-electron chi connectivity index (χ1n) is 7.70. The molecule has 2 aromatic rings. The van der Waals surface area contributed by atoms with Crippen LogP contribution in [0.1, 0.15) is 25.0 Å². The van der Waals surface area contributed by atoms with Gasteiger partial charge in [-0.1, -0.05) is 60.7 Å². The van der Waals surface area contributed by atoms with E-state index < -0.39 is 6.04 Å². The maximum Gasteiger partial charge on any atom is 0.245 e. The van der Waals surface area contributed by atoms with E-state index >= 15 is 0 Å². The van der Waals surface area contributed by atoms with E-state index in [-0.39, 0.29) is 11.8 Å². The minimum Gasteiger partial charge on any atom is -0.345 e. The summed E-state index contributed by atoms with van der Waals surface area (Å²) in [5, 5.41) is 2.66. The molecule has 23 heavy (non-hydrogen) atoms. The van der Waals surface area contributed by atoms with E-state index in [1.54, 1.807) is 11.8 Å². The highest BCUT2D eigenvalue weighted by molar-refractivity contribution is 5.86. The first kappa shape index (κ1) is 16.7. The molecule has 4 heteroatoms. The van der Waals surface area contributed by atoms with Gasteiger partial charge in [0.15, 0.2) is 0 Å². The number of hydrogen-bond donors (Lipinski definition) is 1. The van der Waals surface area contributed by atoms with Gasteiger partial charge in [0.1, 0.15) is 6.04 Å². The minimum absolute atomic E-state index is 0.0899. The van der Waals surface area contributed by atoms with Crippen molar-refractivity contribution in [1.29, 1.82) is 0 Å². The smallest absolute Gasteiger partial charge is 0.245 e. The van der Waals surface area contributed by atoms with Gasteiger partial charge in [-0.2, -0.15) is 0 Å². The second-order valence-electron chi connectivity index (χ2n) is 5.59. The summed E-state index contributed by atoms with van der Waals surface area (Å²) in [5.41, 5.74) is 2.12. The summed E-state index contributed by atoms with van der Waals surface area (Å²) in [6.07, 6.45) is 0. The number of amides is 2. The van der Waals surface area contributed by atoms with Crippen molar-refractivity contribution in [3.63, 3.8) is 0 Å². The molecule has 2 amide bonds. The summed E-state index contributed by atoms with van der Waals surface area (Å²) in [5.74, 6) is -0.293. The quantitative estimate of drug-likeness (QED) is 0.892. The van der Waals surface area contributed by atoms with Crippen molar-refractivity contribution in [2.24, 2.45) is 0 Å². The van der Waals surface area contributed by atoms with Gasteiger partial charge < -0.3 is 10.2 Å². The van der Waals surface area contributed by atoms with E-state index in [9.17, 15) is 9.59 Å². The standard InChI is InChI=1S/C19H22N2O2/c1-15(20-16(2)22)19(23)21(13-17-9-5-3-6-10-17)14-18-11-7-4-8-12-18/h3-12,15H,13-14H2,1-2H3,(H,20,22). The van der Waals surface area contributed by atoms with Crippen molar-refractivity contribution in [2.45, 2.75) is 33.0 Å². The zero-order valence-corrected chi connectivity index (χ0v) is 13.5. The maximum absolute atomic E-state index is 12.7. The molecule has 0 aromatic heterocycles. The number of hydrogen-bond acceptors (Lipinski definition) is 2. The molecule has 0 saturated carbocycles. The fraction of sp³-hybridized carbons (Fsp3) is 0.263. The van der Waals surface area contributed by atoms with Crippen LogP contribution in [0.3, 0.4) is 0 Å². The predicted molar refractivity (Wildman–Crippen MR) is 90.4 cm³/mol. The minimum atomic E-state index is -0.542. The SMILES string of the molecule is CC(=O)NC(C)C(=O)N(Cc1ccccc1)Cc1ccccc1. The Kier molecular flexibility index (Phi) is 5.92. The Balaban J connectivity index is 2.16. The van der Waals surface area contributed by atoms with E-state index in [4.69, 9.17) is 0 Å². The molecule has 0 radical (unpaired) electrons. The maximum atomic E-state index is 12.7. The van der Waals surface area contributed by atoms with E-state index in [1.165, 1.54) is 6.92 Å². The average molecular weight is 310 g/mol. The lowest BCUT2D eigenvalue weighted by Gasteiger charge is -2.26. The Morgan fingerprint density at radius 2 is 1.35 bits per heavy atom. The number of nitrogens with one attached hydrogen (secondary N) is 1. The van der Waals surface area contributed by atoms with E-state index in [0.29, 0.717) is 13.1 Å². The molecule has 2 aromatic carbocycles. The van der Waals surface area contributed by atoms with E-state index in [1.807, 2.05) is 60.7 Å². The summed E-state index contributed by atoms with van der Waals surface area (Å²) in [6, 6.07) is 19.2. The van der Waals surface area contributed by atoms with Crippen LogP contribution in [-0.2, 0) is 22.7 Å². The number of rotatable bonds is 6. The van der Waals surface area contributed by atoms with E-state index in [0.717, 1.165) is 11.1 Å². The molecule has 0 aliphatic rings. The molecule has 1 atom stereocenters. The lowest BCUT2D eigenvalue weighted by Crippen LogP contribution is -2.45. The van der Waals surface area contributed by atoms with Crippen molar-refractivity contribution < 1.29 is 9.59 Å². The molecule has 1 unspecified atom stereocenters. The molecule has 4 nitrogen and oxygen atoms in total. The molecule has 0 saturated heterocycles. The monoisotopic (exact) mass is 310 g/mol. The molecule has 120 valence electrons. The third-order valence-corrected chi connectivity index (χ3v) is 3.53. The highest BCUT2D eigenvalue weighted by Gasteiger charge is 2.21. The fourth-order valence-corrected chi connectivity index (χ4v) is 2.46. The van der Waals surface area contributed by atoms with Crippen LogP contribution in [0.15, 0.2) is 60.7 Å². The van der Waals surface area contributed by atoms with Gasteiger partial charge in [0, 0.05) is 20.0 Å². The summed E-state index contributed by atoms with van der Waals surface area (Å²) in [7, 11) is 0. The summed E-state index contributed by atoms with van der Waals surface area (Å²) in [4.78, 5) is 25.7. The Hall–Kier alpha value is -2.62. The first-order chi connectivity index (χ1) is 11.1. The zero-order valence-electron chi connectivity index (χ0n) is 13.5. The molecule has 0 bridgehead atoms.